The first-order valence-corrected chi connectivity index (χ1v) is 7.63. The number of hydrogen-bond donors (Lipinski definition) is 0. The monoisotopic (exact) mass is 295 g/mol. The molecular formula is C18H21N3O. The first-order valence-electron chi connectivity index (χ1n) is 7.63. The molecule has 2 heterocycles. The molecule has 4 nitrogen and oxygen atoms in total. The van der Waals surface area contributed by atoms with E-state index >= 15 is 0 Å². The number of carbonyl (C=O) groups is 1. The third-order valence-corrected chi connectivity index (χ3v) is 4.30. The van der Waals surface area contributed by atoms with Gasteiger partial charge in [-0.2, -0.15) is 0 Å². The molecular weight excluding hydrogens is 274 g/mol. The topological polar surface area (TPSA) is 36.4 Å². The SMILES string of the molecule is Cc1cccc(N(C)C(=O)C(C)N2CCc3ccccc32)n1. The minimum Gasteiger partial charge on any atom is -0.359 e. The van der Waals surface area contributed by atoms with Crippen LogP contribution in [0.3, 0.4) is 0 Å². The minimum absolute atomic E-state index is 0.0646. The fourth-order valence-corrected chi connectivity index (χ4v) is 3.01. The van der Waals surface area contributed by atoms with Gasteiger partial charge in [-0.05, 0) is 44.0 Å². The average Bonchev–Trinajstić information content (AvgIpc) is 2.96. The minimum atomic E-state index is -0.198. The molecule has 3 rings (SSSR count). The number of para-hydroxylation sites is 1. The van der Waals surface area contributed by atoms with Gasteiger partial charge in [-0.1, -0.05) is 24.3 Å². The van der Waals surface area contributed by atoms with E-state index in [0.29, 0.717) is 5.82 Å². The van der Waals surface area contributed by atoms with Crippen molar-refractivity contribution in [3.63, 3.8) is 0 Å². The number of amides is 1. The van der Waals surface area contributed by atoms with Gasteiger partial charge in [0.1, 0.15) is 11.9 Å². The Kier molecular flexibility index (Phi) is 3.84. The molecule has 0 radical (unpaired) electrons. The van der Waals surface area contributed by atoms with Gasteiger partial charge in [0.05, 0.1) is 0 Å². The summed E-state index contributed by atoms with van der Waals surface area (Å²) in [5.41, 5.74) is 3.41. The Labute approximate surface area is 131 Å². The van der Waals surface area contributed by atoms with Gasteiger partial charge in [-0.25, -0.2) is 4.98 Å². The normalized spacial score (nSPS) is 14.6. The van der Waals surface area contributed by atoms with Crippen molar-refractivity contribution in [3.8, 4) is 0 Å². The summed E-state index contributed by atoms with van der Waals surface area (Å²) in [7, 11) is 1.79. The summed E-state index contributed by atoms with van der Waals surface area (Å²) in [5, 5.41) is 0. The summed E-state index contributed by atoms with van der Waals surface area (Å²) in [6, 6.07) is 13.8. The van der Waals surface area contributed by atoms with Gasteiger partial charge in [-0.3, -0.25) is 9.69 Å². The molecule has 4 heteroatoms. The van der Waals surface area contributed by atoms with Gasteiger partial charge in [-0.15, -0.1) is 0 Å². The Morgan fingerprint density at radius 1 is 1.23 bits per heavy atom. The molecule has 1 aromatic carbocycles. The summed E-state index contributed by atoms with van der Waals surface area (Å²) in [4.78, 5) is 21.1. The van der Waals surface area contributed by atoms with Crippen LogP contribution in [0.15, 0.2) is 42.5 Å². The highest BCUT2D eigenvalue weighted by atomic mass is 16.2. The zero-order chi connectivity index (χ0) is 15.7. The smallest absolute Gasteiger partial charge is 0.250 e. The van der Waals surface area contributed by atoms with Crippen LogP contribution in [0.25, 0.3) is 0 Å². The van der Waals surface area contributed by atoms with Gasteiger partial charge in [0.2, 0.25) is 5.91 Å². The first-order chi connectivity index (χ1) is 10.6. The number of carbonyl (C=O) groups excluding carboxylic acids is 1. The third-order valence-electron chi connectivity index (χ3n) is 4.30. The van der Waals surface area contributed by atoms with Crippen molar-refractivity contribution >= 4 is 17.4 Å². The Morgan fingerprint density at radius 3 is 2.77 bits per heavy atom. The molecule has 1 aromatic heterocycles. The van der Waals surface area contributed by atoms with Crippen LogP contribution in [0.1, 0.15) is 18.2 Å². The number of fused-ring (bicyclic) bond motifs is 1. The third kappa shape index (κ3) is 2.56. The fourth-order valence-electron chi connectivity index (χ4n) is 3.01. The molecule has 1 aliphatic heterocycles. The molecule has 0 bridgehead atoms. The first kappa shape index (κ1) is 14.6. The highest BCUT2D eigenvalue weighted by Gasteiger charge is 2.29. The second kappa shape index (κ2) is 5.79. The molecule has 22 heavy (non-hydrogen) atoms. The molecule has 1 amide bonds. The van der Waals surface area contributed by atoms with Crippen molar-refractivity contribution in [2.24, 2.45) is 0 Å². The van der Waals surface area contributed by atoms with E-state index in [4.69, 9.17) is 0 Å². The lowest BCUT2D eigenvalue weighted by molar-refractivity contribution is -0.119. The summed E-state index contributed by atoms with van der Waals surface area (Å²) in [5.74, 6) is 0.763. The highest BCUT2D eigenvalue weighted by molar-refractivity contribution is 5.98. The molecule has 1 unspecified atom stereocenters. The van der Waals surface area contributed by atoms with Crippen LogP contribution in [0, 0.1) is 6.92 Å². The van der Waals surface area contributed by atoms with E-state index < -0.39 is 0 Å². The van der Waals surface area contributed by atoms with Crippen LogP contribution in [-0.2, 0) is 11.2 Å². The maximum absolute atomic E-state index is 12.8. The lowest BCUT2D eigenvalue weighted by Gasteiger charge is -2.29. The Hall–Kier alpha value is -2.36. The number of benzene rings is 1. The van der Waals surface area contributed by atoms with Gasteiger partial charge in [0.25, 0.3) is 0 Å². The molecule has 0 aliphatic carbocycles. The average molecular weight is 295 g/mol. The summed E-state index contributed by atoms with van der Waals surface area (Å²) in [6.07, 6.45) is 1.00. The van der Waals surface area contributed by atoms with Gasteiger partial charge < -0.3 is 4.90 Å². The van der Waals surface area contributed by atoms with Crippen LogP contribution in [0.5, 0.6) is 0 Å². The number of rotatable bonds is 3. The van der Waals surface area contributed by atoms with E-state index in [1.165, 1.54) is 11.3 Å². The number of aryl methyl sites for hydroxylation is 1. The van der Waals surface area contributed by atoms with Crippen molar-refractivity contribution in [1.82, 2.24) is 4.98 Å². The van der Waals surface area contributed by atoms with E-state index in [0.717, 1.165) is 18.7 Å². The fraction of sp³-hybridized carbons (Fsp3) is 0.333. The van der Waals surface area contributed by atoms with Crippen molar-refractivity contribution in [3.05, 3.63) is 53.7 Å². The number of likely N-dealkylation sites (N-methyl/N-ethyl adjacent to an activating group) is 1. The second-order valence-corrected chi connectivity index (χ2v) is 5.78. The lowest BCUT2D eigenvalue weighted by Crippen LogP contribution is -2.45. The lowest BCUT2D eigenvalue weighted by atomic mass is 10.1. The second-order valence-electron chi connectivity index (χ2n) is 5.78. The van der Waals surface area contributed by atoms with Crippen LogP contribution in [-0.4, -0.2) is 30.5 Å². The molecule has 0 fully saturated rings. The molecule has 0 saturated heterocycles. The van der Waals surface area contributed by atoms with Crippen molar-refractivity contribution < 1.29 is 4.79 Å². The van der Waals surface area contributed by atoms with Crippen molar-refractivity contribution in [1.29, 1.82) is 0 Å². The predicted molar refractivity (Wildman–Crippen MR) is 89.3 cm³/mol. The maximum Gasteiger partial charge on any atom is 0.250 e. The van der Waals surface area contributed by atoms with Crippen LogP contribution < -0.4 is 9.80 Å². The maximum atomic E-state index is 12.8. The zero-order valence-electron chi connectivity index (χ0n) is 13.3. The quantitative estimate of drug-likeness (QED) is 0.873. The highest BCUT2D eigenvalue weighted by Crippen LogP contribution is 2.29. The number of hydrogen-bond acceptors (Lipinski definition) is 3. The zero-order valence-corrected chi connectivity index (χ0v) is 13.3. The molecule has 1 aliphatic rings. The standard InChI is InChI=1S/C18H21N3O/c1-13-7-6-10-17(19-13)20(3)18(22)14(2)21-12-11-15-8-4-5-9-16(15)21/h4-10,14H,11-12H2,1-3H3. The predicted octanol–water partition coefficient (Wildman–Crippen LogP) is 2.80. The van der Waals surface area contributed by atoms with E-state index in [9.17, 15) is 4.79 Å². The van der Waals surface area contributed by atoms with Gasteiger partial charge >= 0.3 is 0 Å². The van der Waals surface area contributed by atoms with E-state index in [1.54, 1.807) is 11.9 Å². The Morgan fingerprint density at radius 2 is 2.00 bits per heavy atom. The van der Waals surface area contributed by atoms with Gasteiger partial charge in [0.15, 0.2) is 0 Å². The molecule has 2 aromatic rings. The Balaban J connectivity index is 1.81. The molecule has 0 spiro atoms. The largest absolute Gasteiger partial charge is 0.359 e. The van der Waals surface area contributed by atoms with Crippen LogP contribution >= 0.6 is 0 Å². The summed E-state index contributed by atoms with van der Waals surface area (Å²) < 4.78 is 0. The number of aromatic nitrogens is 1. The number of anilines is 2. The van der Waals surface area contributed by atoms with E-state index in [1.807, 2.05) is 38.1 Å². The molecule has 0 saturated carbocycles. The molecule has 0 N–H and O–H groups in total. The van der Waals surface area contributed by atoms with Gasteiger partial charge in [0, 0.05) is 25.0 Å². The van der Waals surface area contributed by atoms with Crippen LogP contribution in [0.4, 0.5) is 11.5 Å². The number of pyridine rings is 1. The van der Waals surface area contributed by atoms with E-state index in [-0.39, 0.29) is 11.9 Å². The Bertz CT molecular complexity index is 698. The van der Waals surface area contributed by atoms with Crippen molar-refractivity contribution in [2.45, 2.75) is 26.3 Å². The van der Waals surface area contributed by atoms with E-state index in [2.05, 4.69) is 28.1 Å². The summed E-state index contributed by atoms with van der Waals surface area (Å²) >= 11 is 0. The summed E-state index contributed by atoms with van der Waals surface area (Å²) in [6.45, 7) is 4.79. The van der Waals surface area contributed by atoms with Crippen molar-refractivity contribution in [2.75, 3.05) is 23.4 Å². The van der Waals surface area contributed by atoms with Crippen LogP contribution in [0.2, 0.25) is 0 Å². The molecule has 1 atom stereocenters. The molecule has 114 valence electrons. The number of nitrogens with zero attached hydrogens (tertiary/aromatic N) is 3.